The van der Waals surface area contributed by atoms with Gasteiger partial charge in [0.2, 0.25) is 0 Å². The number of sulfone groups is 1. The van der Waals surface area contributed by atoms with Crippen molar-refractivity contribution in [3.05, 3.63) is 64.2 Å². The van der Waals surface area contributed by atoms with Crippen LogP contribution in [0.5, 0.6) is 5.75 Å². The van der Waals surface area contributed by atoms with Gasteiger partial charge in [-0.2, -0.15) is 0 Å². The van der Waals surface area contributed by atoms with Gasteiger partial charge in [-0.1, -0.05) is 47.5 Å². The molecule has 1 N–H and O–H groups in total. The van der Waals surface area contributed by atoms with Crippen molar-refractivity contribution in [1.82, 2.24) is 4.90 Å². The zero-order valence-electron chi connectivity index (χ0n) is 16.8. The maximum Gasteiger partial charge on any atom is 0.151 e. The third kappa shape index (κ3) is 6.19. The molecule has 29 heavy (non-hydrogen) atoms. The highest BCUT2D eigenvalue weighted by Crippen LogP contribution is 2.24. The molecular weight excluding hydrogens is 410 g/mol. The second-order valence-corrected chi connectivity index (χ2v) is 10.4. The van der Waals surface area contributed by atoms with Gasteiger partial charge in [-0.25, -0.2) is 8.42 Å². The normalized spacial score (nSPS) is 19.4. The molecule has 1 saturated heterocycles. The molecule has 158 valence electrons. The summed E-state index contributed by atoms with van der Waals surface area (Å²) in [7, 11) is -3.03. The maximum atomic E-state index is 12.0. The van der Waals surface area contributed by atoms with Crippen LogP contribution in [0.25, 0.3) is 0 Å². The number of aliphatic hydroxyl groups excluding tert-OH is 1. The Hall–Kier alpha value is -1.60. The minimum Gasteiger partial charge on any atom is -0.491 e. The molecule has 1 heterocycles. The minimum atomic E-state index is -3.03. The summed E-state index contributed by atoms with van der Waals surface area (Å²) >= 11 is 6.31. The van der Waals surface area contributed by atoms with E-state index in [9.17, 15) is 13.5 Å². The highest BCUT2D eigenvalue weighted by molar-refractivity contribution is 7.91. The van der Waals surface area contributed by atoms with Crippen molar-refractivity contribution in [1.29, 1.82) is 0 Å². The van der Waals surface area contributed by atoms with Crippen LogP contribution in [0.2, 0.25) is 5.02 Å². The monoisotopic (exact) mass is 437 g/mol. The van der Waals surface area contributed by atoms with Crippen LogP contribution in [0.4, 0.5) is 0 Å². The molecule has 2 unspecified atom stereocenters. The van der Waals surface area contributed by atoms with Gasteiger partial charge in [0, 0.05) is 24.2 Å². The zero-order chi connectivity index (χ0) is 21.0. The number of halogens is 1. The number of rotatable bonds is 8. The van der Waals surface area contributed by atoms with Crippen LogP contribution in [0.3, 0.4) is 0 Å². The maximum absolute atomic E-state index is 12.0. The number of hydrogen-bond acceptors (Lipinski definition) is 5. The number of aryl methyl sites for hydroxylation is 2. The molecule has 2 aromatic rings. The Balaban J connectivity index is 1.67. The molecule has 2 aromatic carbocycles. The lowest BCUT2D eigenvalue weighted by molar-refractivity contribution is 0.0523. The predicted molar refractivity (Wildman–Crippen MR) is 116 cm³/mol. The van der Waals surface area contributed by atoms with Gasteiger partial charge in [0.15, 0.2) is 9.84 Å². The molecule has 0 amide bonds. The van der Waals surface area contributed by atoms with E-state index in [0.717, 1.165) is 22.4 Å². The van der Waals surface area contributed by atoms with Crippen LogP contribution >= 0.6 is 11.6 Å². The van der Waals surface area contributed by atoms with Crippen LogP contribution in [-0.2, 0) is 16.4 Å². The number of nitrogens with zero attached hydrogens (tertiary/aromatic N) is 1. The van der Waals surface area contributed by atoms with Crippen molar-refractivity contribution in [3.63, 3.8) is 0 Å². The Bertz CT molecular complexity index is 948. The van der Waals surface area contributed by atoms with Crippen molar-refractivity contribution >= 4 is 21.4 Å². The first-order valence-corrected chi connectivity index (χ1v) is 12.0. The molecule has 0 bridgehead atoms. The van der Waals surface area contributed by atoms with Crippen molar-refractivity contribution in [2.75, 3.05) is 24.7 Å². The SMILES string of the molecule is Cc1ccc(OCC(O)CN(Cc2ccccc2Cl)C2CCS(=O)(=O)C2)c(C)c1. The van der Waals surface area contributed by atoms with Crippen molar-refractivity contribution in [3.8, 4) is 5.75 Å². The summed E-state index contributed by atoms with van der Waals surface area (Å²) in [6.07, 6.45) is -0.182. The van der Waals surface area contributed by atoms with Gasteiger partial charge < -0.3 is 9.84 Å². The summed E-state index contributed by atoms with van der Waals surface area (Å²) in [4.78, 5) is 2.02. The van der Waals surface area contributed by atoms with Crippen LogP contribution in [0.15, 0.2) is 42.5 Å². The fourth-order valence-corrected chi connectivity index (χ4v) is 5.68. The summed E-state index contributed by atoms with van der Waals surface area (Å²) in [6.45, 7) is 4.94. The van der Waals surface area contributed by atoms with Gasteiger partial charge >= 0.3 is 0 Å². The first-order chi connectivity index (χ1) is 13.7. The molecule has 0 saturated carbocycles. The van der Waals surface area contributed by atoms with Gasteiger partial charge in [0.05, 0.1) is 11.5 Å². The third-order valence-corrected chi connectivity index (χ3v) is 7.38. The number of ether oxygens (including phenoxy) is 1. The topological polar surface area (TPSA) is 66.8 Å². The highest BCUT2D eigenvalue weighted by Gasteiger charge is 2.33. The summed E-state index contributed by atoms with van der Waals surface area (Å²) in [5.74, 6) is 1.05. The van der Waals surface area contributed by atoms with Gasteiger partial charge in [0.25, 0.3) is 0 Å². The molecule has 1 fully saturated rings. The Morgan fingerprint density at radius 2 is 2.00 bits per heavy atom. The largest absolute Gasteiger partial charge is 0.491 e. The lowest BCUT2D eigenvalue weighted by atomic mass is 10.1. The van der Waals surface area contributed by atoms with E-state index in [-0.39, 0.29) is 24.2 Å². The van der Waals surface area contributed by atoms with Crippen molar-refractivity contribution < 1.29 is 18.3 Å². The molecule has 0 aromatic heterocycles. The van der Waals surface area contributed by atoms with E-state index < -0.39 is 15.9 Å². The molecule has 1 aliphatic rings. The van der Waals surface area contributed by atoms with E-state index in [1.807, 2.05) is 61.2 Å². The summed E-state index contributed by atoms with van der Waals surface area (Å²) in [5.41, 5.74) is 3.09. The van der Waals surface area contributed by atoms with Gasteiger partial charge in [-0.15, -0.1) is 0 Å². The van der Waals surface area contributed by atoms with E-state index in [1.165, 1.54) is 0 Å². The highest BCUT2D eigenvalue weighted by atomic mass is 35.5. The van der Waals surface area contributed by atoms with E-state index in [1.54, 1.807) is 0 Å². The fraction of sp³-hybridized carbons (Fsp3) is 0.455. The van der Waals surface area contributed by atoms with Crippen LogP contribution in [-0.4, -0.2) is 55.2 Å². The van der Waals surface area contributed by atoms with Gasteiger partial charge in [0.1, 0.15) is 18.5 Å². The van der Waals surface area contributed by atoms with Crippen molar-refractivity contribution in [2.24, 2.45) is 0 Å². The second kappa shape index (κ2) is 9.47. The van der Waals surface area contributed by atoms with Crippen molar-refractivity contribution in [2.45, 2.75) is 39.0 Å². The van der Waals surface area contributed by atoms with Gasteiger partial charge in [-0.3, -0.25) is 4.90 Å². The Morgan fingerprint density at radius 3 is 2.66 bits per heavy atom. The second-order valence-electron chi connectivity index (χ2n) is 7.81. The van der Waals surface area contributed by atoms with Crippen LogP contribution in [0, 0.1) is 13.8 Å². The van der Waals surface area contributed by atoms with Crippen LogP contribution in [0.1, 0.15) is 23.1 Å². The Morgan fingerprint density at radius 1 is 1.24 bits per heavy atom. The van der Waals surface area contributed by atoms with Gasteiger partial charge in [-0.05, 0) is 43.5 Å². The molecule has 1 aliphatic heterocycles. The Labute approximate surface area is 178 Å². The molecular formula is C22H28ClNO4S. The average Bonchev–Trinajstić information content (AvgIpc) is 3.02. The standard InChI is InChI=1S/C22H28ClNO4S/c1-16-7-8-22(17(2)11-16)28-14-20(25)13-24(19-9-10-29(26,27)15-19)12-18-5-3-4-6-21(18)23/h3-8,11,19-20,25H,9-10,12-15H2,1-2H3. The minimum absolute atomic E-state index is 0.113. The summed E-state index contributed by atoms with van der Waals surface area (Å²) < 4.78 is 29.8. The summed E-state index contributed by atoms with van der Waals surface area (Å²) in [6, 6.07) is 13.3. The number of hydrogen-bond donors (Lipinski definition) is 1. The lowest BCUT2D eigenvalue weighted by Gasteiger charge is -2.30. The fourth-order valence-electron chi connectivity index (χ4n) is 3.72. The molecule has 0 aliphatic carbocycles. The molecule has 3 rings (SSSR count). The molecule has 0 radical (unpaired) electrons. The smallest absolute Gasteiger partial charge is 0.151 e. The summed E-state index contributed by atoms with van der Waals surface area (Å²) in [5, 5.41) is 11.3. The van der Waals surface area contributed by atoms with Crippen LogP contribution < -0.4 is 4.74 Å². The van der Waals surface area contributed by atoms with E-state index in [4.69, 9.17) is 16.3 Å². The number of benzene rings is 2. The first kappa shape index (κ1) is 22.1. The molecule has 2 atom stereocenters. The van der Waals surface area contributed by atoms with E-state index in [0.29, 0.717) is 24.5 Å². The Kier molecular flexibility index (Phi) is 7.22. The first-order valence-electron chi connectivity index (χ1n) is 9.79. The van der Waals surface area contributed by atoms with E-state index >= 15 is 0 Å². The lowest BCUT2D eigenvalue weighted by Crippen LogP contribution is -2.42. The predicted octanol–water partition coefficient (Wildman–Crippen LogP) is 3.39. The quantitative estimate of drug-likeness (QED) is 0.685. The third-order valence-electron chi connectivity index (χ3n) is 5.26. The number of aliphatic hydroxyl groups is 1. The molecule has 7 heteroatoms. The van der Waals surface area contributed by atoms with E-state index in [2.05, 4.69) is 0 Å². The molecule has 0 spiro atoms. The molecule has 5 nitrogen and oxygen atoms in total. The average molecular weight is 438 g/mol. The zero-order valence-corrected chi connectivity index (χ0v) is 18.4.